The summed E-state index contributed by atoms with van der Waals surface area (Å²) in [5.74, 6) is 0.105. The molecule has 0 aromatic rings. The number of hydrogen-bond acceptors (Lipinski definition) is 5. The number of ketones is 1. The second-order valence-electron chi connectivity index (χ2n) is 12.6. The molecular weight excluding hydrogens is 396 g/mol. The van der Waals surface area contributed by atoms with Crippen molar-refractivity contribution in [1.29, 1.82) is 0 Å². The van der Waals surface area contributed by atoms with Crippen molar-refractivity contribution < 1.29 is 23.7 Å². The Morgan fingerprint density at radius 1 is 0.933 bits per heavy atom. The van der Waals surface area contributed by atoms with Crippen LogP contribution in [0.2, 0.25) is 25.2 Å². The molecule has 0 N–H and O–H groups in total. The molecule has 6 heteroatoms. The van der Waals surface area contributed by atoms with E-state index in [2.05, 4.69) is 54.3 Å². The van der Waals surface area contributed by atoms with E-state index in [1.807, 2.05) is 0 Å². The fraction of sp³-hybridized carbons (Fsp3) is 0.958. The fourth-order valence-electron chi connectivity index (χ4n) is 7.37. The van der Waals surface area contributed by atoms with Crippen LogP contribution < -0.4 is 0 Å². The first kappa shape index (κ1) is 22.9. The van der Waals surface area contributed by atoms with Crippen LogP contribution in [0.1, 0.15) is 60.3 Å². The summed E-state index contributed by atoms with van der Waals surface area (Å²) >= 11 is 0. The molecule has 5 nitrogen and oxygen atoms in total. The Hall–Kier alpha value is -0.273. The summed E-state index contributed by atoms with van der Waals surface area (Å²) in [5, 5.41) is 0. The van der Waals surface area contributed by atoms with Crippen molar-refractivity contribution in [3.8, 4) is 0 Å². The molecule has 3 saturated carbocycles. The maximum absolute atomic E-state index is 13.8. The highest BCUT2D eigenvalue weighted by molar-refractivity contribution is 6.81. The number of carbonyl (C=O) groups excluding carboxylic acids is 1. The van der Waals surface area contributed by atoms with Crippen molar-refractivity contribution in [3.05, 3.63) is 0 Å². The molecule has 4 aliphatic rings. The molecule has 30 heavy (non-hydrogen) atoms. The van der Waals surface area contributed by atoms with Gasteiger partial charge in [-0.2, -0.15) is 0 Å². The Morgan fingerprint density at radius 2 is 1.40 bits per heavy atom. The standard InChI is InChI=1S/C24H42O5Si/c1-20(2,26-6)17-18(21(3,4)27-7)29-24(28-17)12-11-15-22(24,5)19(30(8,9)10)16(25)23(15)13-14-23/h15,17-19H,11-14H2,1-10H3/t15-,17-,18-,19?,22+/m1/s1. The third-order valence-electron chi connectivity index (χ3n) is 9.31. The lowest BCUT2D eigenvalue weighted by molar-refractivity contribution is -0.252. The van der Waals surface area contributed by atoms with Gasteiger partial charge in [-0.3, -0.25) is 4.79 Å². The SMILES string of the molecule is COC(C)(C)[C@@H]1OC2(CC[C@H]3C4(CC4)C(=O)C([Si](C)(C)C)[C@]32C)O[C@H]1C(C)(C)OC. The summed E-state index contributed by atoms with van der Waals surface area (Å²) in [7, 11) is 1.65. The zero-order valence-corrected chi connectivity index (χ0v) is 21.7. The molecule has 0 aromatic carbocycles. The van der Waals surface area contributed by atoms with E-state index in [4.69, 9.17) is 18.9 Å². The van der Waals surface area contributed by atoms with Gasteiger partial charge in [-0.15, -0.1) is 0 Å². The third-order valence-corrected chi connectivity index (χ3v) is 11.9. The summed E-state index contributed by atoms with van der Waals surface area (Å²) in [4.78, 5) is 13.8. The fourth-order valence-corrected chi connectivity index (χ4v) is 10.7. The molecule has 3 aliphatic carbocycles. The molecule has 4 fully saturated rings. The van der Waals surface area contributed by atoms with Gasteiger partial charge in [-0.05, 0) is 52.9 Å². The van der Waals surface area contributed by atoms with Crippen molar-refractivity contribution in [1.82, 2.24) is 0 Å². The van der Waals surface area contributed by atoms with Gasteiger partial charge in [0.25, 0.3) is 0 Å². The molecule has 172 valence electrons. The van der Waals surface area contributed by atoms with Crippen LogP contribution in [-0.4, -0.2) is 57.3 Å². The van der Waals surface area contributed by atoms with Crippen molar-refractivity contribution in [2.75, 3.05) is 14.2 Å². The van der Waals surface area contributed by atoms with Crippen molar-refractivity contribution in [2.24, 2.45) is 16.7 Å². The van der Waals surface area contributed by atoms with Gasteiger partial charge < -0.3 is 18.9 Å². The molecule has 1 heterocycles. The molecule has 5 atom stereocenters. The van der Waals surface area contributed by atoms with Gasteiger partial charge in [0.2, 0.25) is 0 Å². The minimum absolute atomic E-state index is 0.0516. The van der Waals surface area contributed by atoms with Gasteiger partial charge in [-0.25, -0.2) is 0 Å². The molecule has 2 spiro atoms. The van der Waals surface area contributed by atoms with Gasteiger partial charge in [0.15, 0.2) is 5.79 Å². The molecule has 0 bridgehead atoms. The number of ether oxygens (including phenoxy) is 4. The van der Waals surface area contributed by atoms with Gasteiger partial charge in [-0.1, -0.05) is 26.6 Å². The highest BCUT2D eigenvalue weighted by Crippen LogP contribution is 2.79. The summed E-state index contributed by atoms with van der Waals surface area (Å²) < 4.78 is 25.8. The maximum atomic E-state index is 13.8. The third kappa shape index (κ3) is 2.70. The zero-order chi connectivity index (χ0) is 22.5. The Balaban J connectivity index is 1.84. The predicted molar refractivity (Wildman–Crippen MR) is 119 cm³/mol. The quantitative estimate of drug-likeness (QED) is 0.577. The highest BCUT2D eigenvalue weighted by atomic mass is 28.3. The number of Topliss-reactive ketones (excluding diaryl/α,β-unsaturated/α-hetero) is 1. The van der Waals surface area contributed by atoms with Crippen molar-refractivity contribution >= 4 is 13.9 Å². The second-order valence-corrected chi connectivity index (χ2v) is 17.9. The lowest BCUT2D eigenvalue weighted by Crippen LogP contribution is -2.54. The molecule has 1 aliphatic heterocycles. The molecule has 0 radical (unpaired) electrons. The van der Waals surface area contributed by atoms with Crippen LogP contribution >= 0.6 is 0 Å². The minimum atomic E-state index is -1.81. The first-order valence-corrected chi connectivity index (χ1v) is 15.2. The van der Waals surface area contributed by atoms with Crippen molar-refractivity contribution in [3.63, 3.8) is 0 Å². The van der Waals surface area contributed by atoms with Crippen LogP contribution in [0.5, 0.6) is 0 Å². The lowest BCUT2D eigenvalue weighted by atomic mass is 9.75. The zero-order valence-electron chi connectivity index (χ0n) is 20.7. The molecule has 0 aromatic heterocycles. The lowest BCUT2D eigenvalue weighted by Gasteiger charge is -2.47. The smallest absolute Gasteiger partial charge is 0.175 e. The Bertz CT molecular complexity index is 710. The summed E-state index contributed by atoms with van der Waals surface area (Å²) in [5.41, 5.74) is -1.43. The number of hydrogen-bond donors (Lipinski definition) is 0. The molecule has 1 saturated heterocycles. The van der Waals surface area contributed by atoms with Crippen LogP contribution in [0.15, 0.2) is 0 Å². The molecule has 1 unspecified atom stereocenters. The van der Waals surface area contributed by atoms with E-state index in [1.54, 1.807) is 14.2 Å². The average Bonchev–Trinajstić information content (AvgIpc) is 3.18. The largest absolute Gasteiger partial charge is 0.376 e. The maximum Gasteiger partial charge on any atom is 0.175 e. The molecule has 4 rings (SSSR count). The van der Waals surface area contributed by atoms with Crippen molar-refractivity contribution in [2.45, 2.75) is 115 Å². The normalized spacial score (nSPS) is 39.9. The number of rotatable bonds is 5. The van der Waals surface area contributed by atoms with Crippen LogP contribution in [-0.2, 0) is 23.7 Å². The van der Waals surface area contributed by atoms with E-state index >= 15 is 0 Å². The van der Waals surface area contributed by atoms with Crippen LogP contribution in [0, 0.1) is 16.7 Å². The van der Waals surface area contributed by atoms with E-state index < -0.39 is 25.1 Å². The van der Waals surface area contributed by atoms with E-state index in [0.717, 1.165) is 25.7 Å². The predicted octanol–water partition coefficient (Wildman–Crippen LogP) is 4.80. The van der Waals surface area contributed by atoms with Gasteiger partial charge in [0, 0.05) is 37.0 Å². The molecular formula is C24H42O5Si. The second kappa shape index (κ2) is 6.40. The Labute approximate surface area is 183 Å². The van der Waals surface area contributed by atoms with Crippen LogP contribution in [0.4, 0.5) is 0 Å². The Kier molecular flexibility index (Phi) is 4.89. The van der Waals surface area contributed by atoms with E-state index in [9.17, 15) is 4.79 Å². The topological polar surface area (TPSA) is 54.0 Å². The van der Waals surface area contributed by atoms with Gasteiger partial charge in [0.05, 0.1) is 19.3 Å². The first-order chi connectivity index (χ1) is 13.6. The summed E-state index contributed by atoms with van der Waals surface area (Å²) in [6.07, 6.45) is 3.38. The summed E-state index contributed by atoms with van der Waals surface area (Å²) in [6, 6.07) is 0. The first-order valence-electron chi connectivity index (χ1n) is 11.6. The number of methoxy groups -OCH3 is 2. The van der Waals surface area contributed by atoms with E-state index in [0.29, 0.717) is 11.7 Å². The monoisotopic (exact) mass is 438 g/mol. The molecule has 0 amide bonds. The van der Waals surface area contributed by atoms with Crippen LogP contribution in [0.3, 0.4) is 0 Å². The van der Waals surface area contributed by atoms with E-state index in [-0.39, 0.29) is 28.6 Å². The summed E-state index contributed by atoms with van der Waals surface area (Å²) in [6.45, 7) is 17.6. The number of fused-ring (bicyclic) bond motifs is 3. The van der Waals surface area contributed by atoms with Crippen LogP contribution in [0.25, 0.3) is 0 Å². The van der Waals surface area contributed by atoms with E-state index in [1.165, 1.54) is 0 Å². The minimum Gasteiger partial charge on any atom is -0.376 e. The average molecular weight is 439 g/mol. The van der Waals surface area contributed by atoms with Gasteiger partial charge >= 0.3 is 0 Å². The number of carbonyl (C=O) groups is 1. The van der Waals surface area contributed by atoms with Gasteiger partial charge in [0.1, 0.15) is 18.0 Å². The Morgan fingerprint density at radius 3 is 1.77 bits per heavy atom. The highest BCUT2D eigenvalue weighted by Gasteiger charge is 2.82.